The van der Waals surface area contributed by atoms with Crippen molar-refractivity contribution < 1.29 is 89.9 Å². The van der Waals surface area contributed by atoms with Crippen LogP contribution in [0.5, 0.6) is 0 Å². The molecule has 0 bridgehead atoms. The molecular weight excluding hydrogens is 544 g/mol. The normalized spacial score (nSPS) is 18.9. The first kappa shape index (κ1) is 40.2. The van der Waals surface area contributed by atoms with Crippen LogP contribution in [0, 0.1) is 0 Å². The first-order valence-electron chi connectivity index (χ1n) is 9.93. The fourth-order valence-corrected chi connectivity index (χ4v) is 1.91. The van der Waals surface area contributed by atoms with Crippen molar-refractivity contribution in [2.45, 2.75) is 74.9 Å². The Hall–Kier alpha value is -1.26. The van der Waals surface area contributed by atoms with Gasteiger partial charge in [0.25, 0.3) is 0 Å². The summed E-state index contributed by atoms with van der Waals surface area (Å²) in [5.41, 5.74) is 0. The van der Waals surface area contributed by atoms with Gasteiger partial charge in [0.1, 0.15) is 48.8 Å². The Bertz CT molecular complexity index is 648. The summed E-state index contributed by atoms with van der Waals surface area (Å²) in [7, 11) is 0. The number of hydrogen-bond donors (Lipinski definition) is 10. The number of aliphatic hydroxyl groups excluding tert-OH is 10. The number of esters is 2. The van der Waals surface area contributed by atoms with Gasteiger partial charge in [0.05, 0.1) is 25.2 Å². The summed E-state index contributed by atoms with van der Waals surface area (Å²) < 4.78 is 8.38. The zero-order valence-corrected chi connectivity index (χ0v) is 21.8. The van der Waals surface area contributed by atoms with Crippen molar-refractivity contribution in [1.82, 2.24) is 0 Å². The van der Waals surface area contributed by atoms with Crippen LogP contribution in [0.25, 0.3) is 0 Å². The Morgan fingerprint density at radius 3 is 1.03 bits per heavy atom. The third-order valence-corrected chi connectivity index (χ3v) is 4.24. The zero-order valence-electron chi connectivity index (χ0n) is 19.6. The standard InChI is InChI=1S/2C9H16O9.Ca/c2*1-3(8(15)16)18-9(17)7(14)6(13)5(12)4(11)2-10;/h2*3-7,10-14H,2H2,1H3,(H,15,16);/q;;+2/p-2/t2*3?,4-,5-,6+,7-;/m11./s1. The number of hydrogen-bond acceptors (Lipinski definition) is 18. The molecule has 0 radical (unpaired) electrons. The summed E-state index contributed by atoms with van der Waals surface area (Å²) in [6.07, 6.45) is -19.7. The fraction of sp³-hybridized carbons (Fsp3) is 0.778. The van der Waals surface area contributed by atoms with Crippen LogP contribution >= 0.6 is 0 Å². The van der Waals surface area contributed by atoms with Crippen LogP contribution in [0.4, 0.5) is 0 Å². The molecular formula is C18H30CaO18. The van der Waals surface area contributed by atoms with Gasteiger partial charge in [0.2, 0.25) is 0 Å². The number of carboxylic acids is 2. The molecule has 0 aliphatic carbocycles. The van der Waals surface area contributed by atoms with Crippen LogP contribution in [-0.4, -0.2) is 187 Å². The Balaban J connectivity index is -0.000000608. The van der Waals surface area contributed by atoms with Crippen molar-refractivity contribution in [3.8, 4) is 0 Å². The van der Waals surface area contributed by atoms with Crippen molar-refractivity contribution in [2.75, 3.05) is 13.2 Å². The second-order valence-corrected chi connectivity index (χ2v) is 7.15. The van der Waals surface area contributed by atoms with Gasteiger partial charge >= 0.3 is 49.7 Å². The van der Waals surface area contributed by atoms with Crippen molar-refractivity contribution in [3.05, 3.63) is 0 Å². The van der Waals surface area contributed by atoms with Crippen molar-refractivity contribution in [3.63, 3.8) is 0 Å². The molecule has 0 aromatic carbocycles. The molecule has 19 heteroatoms. The van der Waals surface area contributed by atoms with Crippen LogP contribution in [-0.2, 0) is 28.7 Å². The molecule has 212 valence electrons. The van der Waals surface area contributed by atoms with E-state index in [1.54, 1.807) is 0 Å². The third kappa shape index (κ3) is 14.5. The third-order valence-electron chi connectivity index (χ3n) is 4.24. The van der Waals surface area contributed by atoms with E-state index in [0.29, 0.717) is 0 Å². The van der Waals surface area contributed by atoms with E-state index in [-0.39, 0.29) is 37.7 Å². The molecule has 0 aliphatic rings. The molecule has 0 spiro atoms. The molecule has 0 saturated heterocycles. The van der Waals surface area contributed by atoms with E-state index in [2.05, 4.69) is 9.47 Å². The summed E-state index contributed by atoms with van der Waals surface area (Å²) in [6, 6.07) is 0. The first-order valence-corrected chi connectivity index (χ1v) is 9.93. The summed E-state index contributed by atoms with van der Waals surface area (Å²) in [5, 5.41) is 111. The van der Waals surface area contributed by atoms with E-state index in [1.807, 2.05) is 0 Å². The van der Waals surface area contributed by atoms with E-state index < -0.39 is 98.1 Å². The topological polar surface area (TPSA) is 335 Å². The molecule has 37 heavy (non-hydrogen) atoms. The van der Waals surface area contributed by atoms with Gasteiger partial charge in [-0.3, -0.25) is 0 Å². The van der Waals surface area contributed by atoms with Gasteiger partial charge in [0.15, 0.2) is 12.2 Å². The average molecular weight is 574 g/mol. The maximum Gasteiger partial charge on any atom is 2.00 e. The molecule has 0 aromatic rings. The molecule has 0 rings (SSSR count). The van der Waals surface area contributed by atoms with E-state index >= 15 is 0 Å². The minimum absolute atomic E-state index is 0. The molecule has 0 aliphatic heterocycles. The number of carbonyl (C=O) groups excluding carboxylic acids is 4. The van der Waals surface area contributed by atoms with Crippen LogP contribution in [0.1, 0.15) is 13.8 Å². The second kappa shape index (κ2) is 19.8. The molecule has 0 fully saturated rings. The van der Waals surface area contributed by atoms with Gasteiger partial charge in [-0.25, -0.2) is 9.59 Å². The maximum atomic E-state index is 11.1. The average Bonchev–Trinajstić information content (AvgIpc) is 2.84. The fourth-order valence-electron chi connectivity index (χ4n) is 1.91. The SMILES string of the molecule is CC(OC(=O)[C@H](O)[C@@H](O)[C@H](O)[C@H](O)CO)C(=O)[O-].CC(OC(=O)[C@H](O)[C@@H](O)[C@H](O)[C@H](O)CO)C(=O)[O-].[Ca+2]. The molecule has 10 atom stereocenters. The van der Waals surface area contributed by atoms with E-state index in [4.69, 9.17) is 20.4 Å². The number of ether oxygens (including phenoxy) is 2. The molecule has 10 N–H and O–H groups in total. The number of carboxylic acid groups (broad SMARTS) is 2. The van der Waals surface area contributed by atoms with E-state index in [0.717, 1.165) is 13.8 Å². The molecule has 18 nitrogen and oxygen atoms in total. The van der Waals surface area contributed by atoms with Crippen LogP contribution < -0.4 is 10.2 Å². The van der Waals surface area contributed by atoms with E-state index in [1.165, 1.54) is 0 Å². The molecule has 0 heterocycles. The number of carbonyl (C=O) groups is 4. The summed E-state index contributed by atoms with van der Waals surface area (Å²) in [5.74, 6) is -6.44. The van der Waals surface area contributed by atoms with Crippen molar-refractivity contribution >= 4 is 61.6 Å². The maximum absolute atomic E-state index is 11.1. The minimum Gasteiger partial charge on any atom is -0.546 e. The monoisotopic (exact) mass is 574 g/mol. The minimum atomic E-state index is -2.28. The number of rotatable bonds is 14. The van der Waals surface area contributed by atoms with Crippen LogP contribution in [0.15, 0.2) is 0 Å². The van der Waals surface area contributed by atoms with Crippen LogP contribution in [0.3, 0.4) is 0 Å². The predicted molar refractivity (Wildman–Crippen MR) is 109 cm³/mol. The Kier molecular flexibility index (Phi) is 21.5. The summed E-state index contributed by atoms with van der Waals surface area (Å²) >= 11 is 0. The van der Waals surface area contributed by atoms with Gasteiger partial charge in [-0.05, 0) is 13.8 Å². The van der Waals surface area contributed by atoms with Crippen molar-refractivity contribution in [2.24, 2.45) is 0 Å². The van der Waals surface area contributed by atoms with Gasteiger partial charge < -0.3 is 80.3 Å². The Labute approximate surface area is 238 Å². The van der Waals surface area contributed by atoms with Gasteiger partial charge in [-0.15, -0.1) is 0 Å². The molecule has 0 saturated carbocycles. The van der Waals surface area contributed by atoms with Gasteiger partial charge in [0, 0.05) is 0 Å². The summed E-state index contributed by atoms with van der Waals surface area (Å²) in [6.45, 7) is 0.113. The second-order valence-electron chi connectivity index (χ2n) is 7.15. The Morgan fingerprint density at radius 2 is 0.838 bits per heavy atom. The number of aliphatic carboxylic acids is 2. The predicted octanol–water partition coefficient (Wildman–Crippen LogP) is -10.2. The van der Waals surface area contributed by atoms with Crippen molar-refractivity contribution in [1.29, 1.82) is 0 Å². The van der Waals surface area contributed by atoms with Gasteiger partial charge in [-0.1, -0.05) is 0 Å². The summed E-state index contributed by atoms with van der Waals surface area (Å²) in [4.78, 5) is 42.8. The van der Waals surface area contributed by atoms with Crippen LogP contribution in [0.2, 0.25) is 0 Å². The van der Waals surface area contributed by atoms with E-state index in [9.17, 15) is 60.0 Å². The van der Waals surface area contributed by atoms with Gasteiger partial charge in [-0.2, -0.15) is 0 Å². The Morgan fingerprint density at radius 1 is 0.595 bits per heavy atom. The molecule has 2 unspecified atom stereocenters. The first-order chi connectivity index (χ1) is 16.4. The zero-order chi connectivity index (χ0) is 28.9. The molecule has 0 amide bonds. The molecule has 0 aromatic heterocycles. The smallest absolute Gasteiger partial charge is 0.546 e. The quantitative estimate of drug-likeness (QED) is 0.0679. The largest absolute Gasteiger partial charge is 2.00 e. The number of aliphatic hydroxyl groups is 10.